The molecule has 0 saturated carbocycles. The SMILES string of the molecule is Cc1cc(OCCCc2c3n(c4c(-c5c(C)nn(C)c5C)c(Cl)ccc24)[C@H](C)CN(c2c(C(=O)O)c4cc(NC(=O)CN5CCCCC5)ccc4n2C)C3=O)cc(C)c1Cl. The van der Waals surface area contributed by atoms with Gasteiger partial charge in [-0.25, -0.2) is 4.79 Å². The van der Waals surface area contributed by atoms with Crippen LogP contribution >= 0.6 is 23.2 Å². The lowest BCUT2D eigenvalue weighted by Gasteiger charge is -2.34. The number of carbonyl (C=O) groups is 3. The summed E-state index contributed by atoms with van der Waals surface area (Å²) in [5.41, 5.74) is 8.67. The van der Waals surface area contributed by atoms with Crippen LogP contribution in [0.15, 0.2) is 42.5 Å². The Balaban J connectivity index is 1.22. The number of carbonyl (C=O) groups excluding carboxylic acids is 2. The Morgan fingerprint density at radius 3 is 2.33 bits per heavy atom. The van der Waals surface area contributed by atoms with Crippen LogP contribution in [0.1, 0.15) is 87.6 Å². The number of rotatable bonds is 11. The van der Waals surface area contributed by atoms with E-state index >= 15 is 4.79 Å². The summed E-state index contributed by atoms with van der Waals surface area (Å²) in [5, 5.41) is 21.1. The van der Waals surface area contributed by atoms with Gasteiger partial charge in [0.1, 0.15) is 22.8 Å². The highest BCUT2D eigenvalue weighted by atomic mass is 35.5. The summed E-state index contributed by atoms with van der Waals surface area (Å²) < 4.78 is 11.9. The molecule has 0 radical (unpaired) electrons. The number of nitrogens with zero attached hydrogens (tertiary/aromatic N) is 6. The molecule has 2 aliphatic rings. The molecule has 3 aromatic heterocycles. The van der Waals surface area contributed by atoms with Crippen molar-refractivity contribution in [3.8, 4) is 16.9 Å². The molecule has 6 aromatic rings. The fourth-order valence-electron chi connectivity index (χ4n) is 9.47. The highest BCUT2D eigenvalue weighted by Crippen LogP contribution is 2.46. The summed E-state index contributed by atoms with van der Waals surface area (Å²) in [4.78, 5) is 45.5. The predicted octanol–water partition coefficient (Wildman–Crippen LogP) is 9.43. The van der Waals surface area contributed by atoms with Crippen LogP contribution in [0.2, 0.25) is 10.0 Å². The number of carboxylic acid groups (broad SMARTS) is 1. The van der Waals surface area contributed by atoms with Crippen LogP contribution in [0.4, 0.5) is 11.5 Å². The Hall–Kier alpha value is -5.30. The number of anilines is 2. The van der Waals surface area contributed by atoms with Gasteiger partial charge in [-0.15, -0.1) is 0 Å². The maximum Gasteiger partial charge on any atom is 0.340 e. The third-order valence-corrected chi connectivity index (χ3v) is 13.2. The molecule has 2 N–H and O–H groups in total. The quantitative estimate of drug-likeness (QED) is 0.124. The van der Waals surface area contributed by atoms with Gasteiger partial charge in [0.05, 0.1) is 34.9 Å². The molecule has 1 saturated heterocycles. The molecule has 1 fully saturated rings. The number of carboxylic acids is 1. The molecule has 0 bridgehead atoms. The Kier molecular flexibility index (Phi) is 11.2. The van der Waals surface area contributed by atoms with Crippen LogP contribution in [0.25, 0.3) is 32.9 Å². The number of ether oxygens (including phenoxy) is 1. The van der Waals surface area contributed by atoms with Gasteiger partial charge in [-0.1, -0.05) is 35.7 Å². The first-order valence-electron chi connectivity index (χ1n) is 20.6. The third kappa shape index (κ3) is 7.22. The van der Waals surface area contributed by atoms with Crippen molar-refractivity contribution in [2.45, 2.75) is 72.8 Å². The summed E-state index contributed by atoms with van der Waals surface area (Å²) >= 11 is 13.6. The number of likely N-dealkylation sites (tertiary alicyclic amines) is 1. The summed E-state index contributed by atoms with van der Waals surface area (Å²) in [7, 11) is 3.69. The number of aromatic nitrogens is 4. The number of benzene rings is 3. The standard InChI is InChI=1S/C46H51Cl2N7O5/c1-25-20-31(21-26(2)41(25)48)60-19-11-12-32-33-14-15-35(47)40(38-28(4)50-52(7)29(38)5)42(33)55-27(3)23-54(45(57)43(32)55)44-39(46(58)59)34-22-30(13-16-36(34)51(44)6)49-37(56)24-53-17-9-8-10-18-53/h13-16,20-22,27H,8-12,17-19,23-24H2,1-7H3,(H,49,56)(H,58,59)/t27-/m1/s1. The van der Waals surface area contributed by atoms with Crippen LogP contribution in [0.5, 0.6) is 5.75 Å². The molecule has 3 aromatic carbocycles. The summed E-state index contributed by atoms with van der Waals surface area (Å²) in [6.07, 6.45) is 4.41. The van der Waals surface area contributed by atoms with Crippen LogP contribution in [0.3, 0.4) is 0 Å². The number of piperidine rings is 1. The molecule has 12 nitrogen and oxygen atoms in total. The Bertz CT molecular complexity index is 2700. The van der Waals surface area contributed by atoms with Crippen molar-refractivity contribution >= 4 is 74.3 Å². The molecule has 8 rings (SSSR count). The fraction of sp³-hybridized carbons (Fsp3) is 0.391. The van der Waals surface area contributed by atoms with E-state index in [1.807, 2.05) is 70.6 Å². The van der Waals surface area contributed by atoms with Gasteiger partial charge < -0.3 is 24.3 Å². The number of aryl methyl sites for hydroxylation is 6. The van der Waals surface area contributed by atoms with E-state index in [2.05, 4.69) is 14.8 Å². The van der Waals surface area contributed by atoms with Crippen molar-refractivity contribution in [2.75, 3.05) is 43.0 Å². The molecule has 2 amide bonds. The highest BCUT2D eigenvalue weighted by molar-refractivity contribution is 6.35. The molecule has 1 atom stereocenters. The summed E-state index contributed by atoms with van der Waals surface area (Å²) in [6.45, 7) is 12.6. The first-order valence-corrected chi connectivity index (χ1v) is 21.4. The van der Waals surface area contributed by atoms with Gasteiger partial charge in [0, 0.05) is 65.0 Å². The van der Waals surface area contributed by atoms with Gasteiger partial charge in [0.2, 0.25) is 5.91 Å². The van der Waals surface area contributed by atoms with E-state index < -0.39 is 5.97 Å². The van der Waals surface area contributed by atoms with E-state index in [1.54, 1.807) is 34.7 Å². The van der Waals surface area contributed by atoms with Crippen molar-refractivity contribution < 1.29 is 24.2 Å². The van der Waals surface area contributed by atoms with Crippen LogP contribution in [0, 0.1) is 27.7 Å². The highest BCUT2D eigenvalue weighted by Gasteiger charge is 2.40. The van der Waals surface area contributed by atoms with Crippen molar-refractivity contribution in [2.24, 2.45) is 14.1 Å². The van der Waals surface area contributed by atoms with Gasteiger partial charge in [-0.05, 0) is 126 Å². The van der Waals surface area contributed by atoms with E-state index in [-0.39, 0.29) is 42.3 Å². The topological polar surface area (TPSA) is 127 Å². The number of nitrogens with one attached hydrogen (secondary N) is 1. The minimum absolute atomic E-state index is 0.00131. The monoisotopic (exact) mass is 851 g/mol. The maximum atomic E-state index is 15.3. The lowest BCUT2D eigenvalue weighted by molar-refractivity contribution is -0.117. The largest absolute Gasteiger partial charge is 0.494 e. The third-order valence-electron chi connectivity index (χ3n) is 12.3. The first-order chi connectivity index (χ1) is 28.7. The van der Waals surface area contributed by atoms with Gasteiger partial charge in [0.25, 0.3) is 5.91 Å². The van der Waals surface area contributed by atoms with E-state index in [0.717, 1.165) is 81.8 Å². The zero-order valence-electron chi connectivity index (χ0n) is 35.2. The number of hydrogen-bond acceptors (Lipinski definition) is 6. The van der Waals surface area contributed by atoms with E-state index in [0.29, 0.717) is 51.8 Å². The minimum atomic E-state index is -1.17. The van der Waals surface area contributed by atoms with Crippen molar-refractivity contribution in [1.82, 2.24) is 23.8 Å². The zero-order chi connectivity index (χ0) is 42.7. The average molecular weight is 853 g/mol. The molecule has 2 aliphatic heterocycles. The van der Waals surface area contributed by atoms with Crippen LogP contribution in [-0.4, -0.2) is 79.5 Å². The van der Waals surface area contributed by atoms with E-state index in [4.69, 9.17) is 33.0 Å². The molecule has 60 heavy (non-hydrogen) atoms. The summed E-state index contributed by atoms with van der Waals surface area (Å²) in [6, 6.07) is 12.7. The number of hydrogen-bond donors (Lipinski definition) is 2. The van der Waals surface area contributed by atoms with E-state index in [9.17, 15) is 14.7 Å². The smallest absolute Gasteiger partial charge is 0.340 e. The lowest BCUT2D eigenvalue weighted by atomic mass is 9.98. The number of amides is 2. The van der Waals surface area contributed by atoms with Gasteiger partial charge >= 0.3 is 5.97 Å². The van der Waals surface area contributed by atoms with E-state index in [1.165, 1.54) is 6.42 Å². The second-order valence-corrected chi connectivity index (χ2v) is 17.2. The van der Waals surface area contributed by atoms with Gasteiger partial charge in [0.15, 0.2) is 0 Å². The zero-order valence-corrected chi connectivity index (χ0v) is 36.7. The molecule has 0 unspecified atom stereocenters. The normalized spacial score (nSPS) is 15.9. The minimum Gasteiger partial charge on any atom is -0.494 e. The maximum absolute atomic E-state index is 15.3. The first kappa shape index (κ1) is 41.4. The predicted molar refractivity (Wildman–Crippen MR) is 239 cm³/mol. The number of aromatic carboxylic acids is 1. The van der Waals surface area contributed by atoms with Crippen molar-refractivity contribution in [1.29, 1.82) is 0 Å². The molecule has 5 heterocycles. The van der Waals surface area contributed by atoms with Crippen molar-refractivity contribution in [3.05, 3.63) is 91.8 Å². The second-order valence-electron chi connectivity index (χ2n) is 16.5. The Morgan fingerprint density at radius 2 is 1.67 bits per heavy atom. The molecule has 0 aliphatic carbocycles. The Labute approximate surface area is 359 Å². The van der Waals surface area contributed by atoms with Crippen molar-refractivity contribution in [3.63, 3.8) is 0 Å². The molecular weight excluding hydrogens is 801 g/mol. The lowest BCUT2D eigenvalue weighted by Crippen LogP contribution is -2.44. The second kappa shape index (κ2) is 16.3. The summed E-state index contributed by atoms with van der Waals surface area (Å²) in [5.74, 6) is -0.616. The van der Waals surface area contributed by atoms with Crippen LogP contribution in [-0.2, 0) is 25.3 Å². The molecule has 14 heteroatoms. The number of fused-ring (bicyclic) bond motifs is 4. The average Bonchev–Trinajstić information content (AvgIpc) is 3.79. The van der Waals surface area contributed by atoms with Gasteiger partial charge in [-0.3, -0.25) is 24.1 Å². The molecule has 0 spiro atoms. The molecular formula is C46H51Cl2N7O5. The molecule has 314 valence electrons. The fourth-order valence-corrected chi connectivity index (χ4v) is 9.82. The van der Waals surface area contributed by atoms with Gasteiger partial charge in [-0.2, -0.15) is 5.10 Å². The number of halogens is 2. The Morgan fingerprint density at radius 1 is 0.950 bits per heavy atom. The van der Waals surface area contributed by atoms with Crippen LogP contribution < -0.4 is 15.0 Å².